The molecule has 0 amide bonds. The normalized spacial score (nSPS) is 10.5. The molecule has 0 aliphatic heterocycles. The van der Waals surface area contributed by atoms with Crippen LogP contribution in [0.5, 0.6) is 0 Å². The van der Waals surface area contributed by atoms with Crippen molar-refractivity contribution in [3.8, 4) is 22.4 Å². The number of benzene rings is 1. The number of rotatable bonds is 3. The van der Waals surface area contributed by atoms with Gasteiger partial charge in [-0.25, -0.2) is 18.6 Å². The zero-order valence-electron chi connectivity index (χ0n) is 11.7. The lowest BCUT2D eigenvalue weighted by molar-refractivity contribution is 0.0691. The van der Waals surface area contributed by atoms with Crippen molar-refractivity contribution in [2.75, 3.05) is 0 Å². The van der Waals surface area contributed by atoms with E-state index in [1.165, 1.54) is 36.7 Å². The lowest BCUT2D eigenvalue weighted by atomic mass is 9.95. The fourth-order valence-electron chi connectivity index (χ4n) is 2.33. The topological polar surface area (TPSA) is 63.1 Å². The van der Waals surface area contributed by atoms with Crippen LogP contribution in [0, 0.1) is 11.6 Å². The number of halogens is 2. The zero-order chi connectivity index (χ0) is 16.4. The van der Waals surface area contributed by atoms with Gasteiger partial charge in [-0.05, 0) is 29.8 Å². The van der Waals surface area contributed by atoms with Gasteiger partial charge in [-0.3, -0.25) is 4.98 Å². The van der Waals surface area contributed by atoms with E-state index in [-0.39, 0.29) is 28.1 Å². The third kappa shape index (κ3) is 2.66. The van der Waals surface area contributed by atoms with E-state index in [0.29, 0.717) is 0 Å². The molecule has 6 heteroatoms. The van der Waals surface area contributed by atoms with Gasteiger partial charge in [0.2, 0.25) is 0 Å². The Labute approximate surface area is 130 Å². The molecule has 0 bridgehead atoms. The maximum absolute atomic E-state index is 14.4. The summed E-state index contributed by atoms with van der Waals surface area (Å²) in [5.41, 5.74) is 0.282. The molecule has 3 rings (SSSR count). The second-order valence-corrected chi connectivity index (χ2v) is 4.70. The quantitative estimate of drug-likeness (QED) is 0.799. The molecular formula is C17H10F2N2O2. The first-order valence-corrected chi connectivity index (χ1v) is 6.67. The number of aromatic carboxylic acids is 1. The van der Waals surface area contributed by atoms with Crippen LogP contribution in [0.1, 0.15) is 10.5 Å². The van der Waals surface area contributed by atoms with E-state index >= 15 is 0 Å². The van der Waals surface area contributed by atoms with Gasteiger partial charge in [-0.2, -0.15) is 0 Å². The van der Waals surface area contributed by atoms with Crippen molar-refractivity contribution in [2.24, 2.45) is 0 Å². The van der Waals surface area contributed by atoms with Gasteiger partial charge in [0.15, 0.2) is 17.3 Å². The summed E-state index contributed by atoms with van der Waals surface area (Å²) in [7, 11) is 0. The Morgan fingerprint density at radius 2 is 1.70 bits per heavy atom. The van der Waals surface area contributed by atoms with E-state index in [2.05, 4.69) is 9.97 Å². The van der Waals surface area contributed by atoms with Gasteiger partial charge in [0.05, 0.1) is 5.69 Å². The van der Waals surface area contributed by atoms with Crippen LogP contribution in [0.3, 0.4) is 0 Å². The van der Waals surface area contributed by atoms with Gasteiger partial charge < -0.3 is 5.11 Å². The molecule has 2 aromatic heterocycles. The van der Waals surface area contributed by atoms with E-state index in [9.17, 15) is 18.7 Å². The minimum Gasteiger partial charge on any atom is -0.476 e. The third-order valence-electron chi connectivity index (χ3n) is 3.32. The Hall–Kier alpha value is -3.15. The highest BCUT2D eigenvalue weighted by molar-refractivity contribution is 5.96. The molecule has 4 nitrogen and oxygen atoms in total. The molecule has 1 N–H and O–H groups in total. The Morgan fingerprint density at radius 3 is 2.39 bits per heavy atom. The number of pyridine rings is 2. The highest BCUT2D eigenvalue weighted by Crippen LogP contribution is 2.35. The molecule has 0 atom stereocenters. The van der Waals surface area contributed by atoms with Gasteiger partial charge in [0, 0.05) is 23.5 Å². The molecule has 0 radical (unpaired) electrons. The van der Waals surface area contributed by atoms with Crippen molar-refractivity contribution in [1.82, 2.24) is 9.97 Å². The summed E-state index contributed by atoms with van der Waals surface area (Å²) in [5, 5.41) is 9.27. The number of hydrogen-bond acceptors (Lipinski definition) is 3. The minimum atomic E-state index is -1.25. The van der Waals surface area contributed by atoms with Crippen LogP contribution in [-0.4, -0.2) is 21.0 Å². The molecule has 0 aliphatic rings. The largest absolute Gasteiger partial charge is 0.476 e. The van der Waals surface area contributed by atoms with Gasteiger partial charge in [-0.15, -0.1) is 0 Å². The van der Waals surface area contributed by atoms with Crippen molar-refractivity contribution in [3.05, 3.63) is 72.2 Å². The lowest BCUT2D eigenvalue weighted by Gasteiger charge is -2.12. The molecule has 0 spiro atoms. The summed E-state index contributed by atoms with van der Waals surface area (Å²) >= 11 is 0. The number of aromatic nitrogens is 2. The molecule has 3 aromatic rings. The Kier molecular flexibility index (Phi) is 3.80. The van der Waals surface area contributed by atoms with Gasteiger partial charge >= 0.3 is 5.97 Å². The molecule has 1 aromatic carbocycles. The molecule has 0 aliphatic carbocycles. The van der Waals surface area contributed by atoms with Crippen molar-refractivity contribution in [1.29, 1.82) is 0 Å². The predicted octanol–water partition coefficient (Wildman–Crippen LogP) is 3.79. The first kappa shape index (κ1) is 14.8. The van der Waals surface area contributed by atoms with Crippen molar-refractivity contribution < 1.29 is 18.7 Å². The average Bonchev–Trinajstić information content (AvgIpc) is 2.58. The molecule has 0 saturated heterocycles. The standard InChI is InChI=1S/C17H10F2N2O2/c18-12-7-6-10(11-4-3-9-21-16(11)17(22)23)14(15(12)19)13-5-1-2-8-20-13/h1-9H,(H,22,23). The molecule has 23 heavy (non-hydrogen) atoms. The number of carboxylic acids is 1. The molecule has 0 saturated carbocycles. The van der Waals surface area contributed by atoms with E-state index in [0.717, 1.165) is 6.07 Å². The monoisotopic (exact) mass is 312 g/mol. The summed E-state index contributed by atoms with van der Waals surface area (Å²) in [5.74, 6) is -3.37. The maximum atomic E-state index is 14.4. The molecular weight excluding hydrogens is 302 g/mol. The summed E-state index contributed by atoms with van der Waals surface area (Å²) in [6.07, 6.45) is 2.78. The van der Waals surface area contributed by atoms with Crippen LogP contribution in [0.4, 0.5) is 8.78 Å². The third-order valence-corrected chi connectivity index (χ3v) is 3.32. The van der Waals surface area contributed by atoms with Crippen LogP contribution < -0.4 is 0 Å². The van der Waals surface area contributed by atoms with Crippen molar-refractivity contribution in [2.45, 2.75) is 0 Å². The van der Waals surface area contributed by atoms with E-state index in [1.807, 2.05) is 0 Å². The summed E-state index contributed by atoms with van der Waals surface area (Å²) in [6, 6.07) is 10.1. The lowest BCUT2D eigenvalue weighted by Crippen LogP contribution is -2.04. The van der Waals surface area contributed by atoms with Gasteiger partial charge in [0.25, 0.3) is 0 Å². The van der Waals surface area contributed by atoms with E-state index in [1.54, 1.807) is 12.1 Å². The van der Waals surface area contributed by atoms with Crippen molar-refractivity contribution in [3.63, 3.8) is 0 Å². The zero-order valence-corrected chi connectivity index (χ0v) is 11.7. The summed E-state index contributed by atoms with van der Waals surface area (Å²) in [4.78, 5) is 19.2. The van der Waals surface area contributed by atoms with Crippen LogP contribution in [-0.2, 0) is 0 Å². The maximum Gasteiger partial charge on any atom is 0.355 e. The highest BCUT2D eigenvalue weighted by atomic mass is 19.2. The van der Waals surface area contributed by atoms with E-state index < -0.39 is 17.6 Å². The first-order chi connectivity index (χ1) is 11.1. The van der Waals surface area contributed by atoms with E-state index in [4.69, 9.17) is 0 Å². The smallest absolute Gasteiger partial charge is 0.355 e. The second kappa shape index (κ2) is 5.92. The molecule has 2 heterocycles. The molecule has 114 valence electrons. The van der Waals surface area contributed by atoms with Gasteiger partial charge in [0.1, 0.15) is 0 Å². The van der Waals surface area contributed by atoms with Crippen LogP contribution >= 0.6 is 0 Å². The van der Waals surface area contributed by atoms with Crippen LogP contribution in [0.25, 0.3) is 22.4 Å². The first-order valence-electron chi connectivity index (χ1n) is 6.67. The van der Waals surface area contributed by atoms with Gasteiger partial charge in [-0.1, -0.05) is 18.2 Å². The Bertz CT molecular complexity index is 883. The molecule has 0 fully saturated rings. The molecule has 0 unspecified atom stereocenters. The number of carboxylic acid groups (broad SMARTS) is 1. The van der Waals surface area contributed by atoms with Crippen LogP contribution in [0.2, 0.25) is 0 Å². The average molecular weight is 312 g/mol. The SMILES string of the molecule is O=C(O)c1ncccc1-c1ccc(F)c(F)c1-c1ccccn1. The number of hydrogen-bond donors (Lipinski definition) is 1. The second-order valence-electron chi connectivity index (χ2n) is 4.70. The highest BCUT2D eigenvalue weighted by Gasteiger charge is 2.21. The summed E-state index contributed by atoms with van der Waals surface area (Å²) in [6.45, 7) is 0. The fraction of sp³-hybridized carbons (Fsp3) is 0. The van der Waals surface area contributed by atoms with Crippen molar-refractivity contribution >= 4 is 5.97 Å². The number of nitrogens with zero attached hydrogens (tertiary/aromatic N) is 2. The predicted molar refractivity (Wildman–Crippen MR) is 79.8 cm³/mol. The fourth-order valence-corrected chi connectivity index (χ4v) is 2.33. The Balaban J connectivity index is 2.34. The van der Waals surface area contributed by atoms with Crippen LogP contribution in [0.15, 0.2) is 54.9 Å². The Morgan fingerprint density at radius 1 is 0.913 bits per heavy atom. The number of carbonyl (C=O) groups is 1. The summed E-state index contributed by atoms with van der Waals surface area (Å²) < 4.78 is 28.1. The minimum absolute atomic E-state index is 0.0962.